The van der Waals surface area contributed by atoms with Crippen molar-refractivity contribution in [2.24, 2.45) is 0 Å². The van der Waals surface area contributed by atoms with Crippen LogP contribution in [0.5, 0.6) is 11.5 Å². The monoisotopic (exact) mass is 382 g/mol. The van der Waals surface area contributed by atoms with E-state index in [1.165, 1.54) is 0 Å². The summed E-state index contributed by atoms with van der Waals surface area (Å²) in [5.74, 6) is 0.566. The molecule has 2 N–H and O–H groups in total. The molecule has 1 aliphatic rings. The molecule has 1 atom stereocenters. The van der Waals surface area contributed by atoms with Crippen LogP contribution in [-0.2, 0) is 20.8 Å². The van der Waals surface area contributed by atoms with Gasteiger partial charge < -0.3 is 24.9 Å². The first-order valence-corrected chi connectivity index (χ1v) is 9.04. The maximum Gasteiger partial charge on any atom is 0.265 e. The number of aryl methyl sites for hydroxylation is 1. The van der Waals surface area contributed by atoms with E-state index in [0.29, 0.717) is 35.7 Å². The number of rotatable bonds is 7. The Morgan fingerprint density at radius 1 is 1.21 bits per heavy atom. The van der Waals surface area contributed by atoms with E-state index < -0.39 is 6.10 Å². The predicted octanol–water partition coefficient (Wildman–Crippen LogP) is 2.95. The SMILES string of the molecule is CC(=O)CCc1ccc(OC(C)C(=O)Nc2cccc3c2OCC(=O)N3)cc1. The fourth-order valence-electron chi connectivity index (χ4n) is 2.76. The van der Waals surface area contributed by atoms with E-state index in [2.05, 4.69) is 10.6 Å². The zero-order valence-electron chi connectivity index (χ0n) is 15.8. The van der Waals surface area contributed by atoms with Gasteiger partial charge in [0.15, 0.2) is 18.5 Å². The number of nitrogens with one attached hydrogen (secondary N) is 2. The molecule has 0 fully saturated rings. The fourth-order valence-corrected chi connectivity index (χ4v) is 2.76. The lowest BCUT2D eigenvalue weighted by Gasteiger charge is -2.22. The summed E-state index contributed by atoms with van der Waals surface area (Å²) in [4.78, 5) is 35.0. The predicted molar refractivity (Wildman–Crippen MR) is 105 cm³/mol. The van der Waals surface area contributed by atoms with Gasteiger partial charge in [-0.05, 0) is 50.1 Å². The molecule has 1 unspecified atom stereocenters. The third-order valence-corrected chi connectivity index (χ3v) is 4.27. The summed E-state index contributed by atoms with van der Waals surface area (Å²) in [5, 5.41) is 5.47. The Hall–Kier alpha value is -3.35. The van der Waals surface area contributed by atoms with Gasteiger partial charge in [0, 0.05) is 6.42 Å². The molecule has 3 rings (SSSR count). The highest BCUT2D eigenvalue weighted by Gasteiger charge is 2.22. The highest BCUT2D eigenvalue weighted by Crippen LogP contribution is 2.35. The van der Waals surface area contributed by atoms with Crippen LogP contribution in [0.15, 0.2) is 42.5 Å². The number of amides is 2. The van der Waals surface area contributed by atoms with Crippen molar-refractivity contribution in [3.63, 3.8) is 0 Å². The molecule has 0 saturated heterocycles. The van der Waals surface area contributed by atoms with Gasteiger partial charge in [-0.25, -0.2) is 0 Å². The van der Waals surface area contributed by atoms with Crippen molar-refractivity contribution in [1.82, 2.24) is 0 Å². The number of carbonyl (C=O) groups is 3. The Kier molecular flexibility index (Phi) is 5.93. The summed E-state index contributed by atoms with van der Waals surface area (Å²) < 4.78 is 11.1. The lowest BCUT2D eigenvalue weighted by atomic mass is 10.1. The Balaban J connectivity index is 1.60. The van der Waals surface area contributed by atoms with Crippen LogP contribution >= 0.6 is 0 Å². The average molecular weight is 382 g/mol. The number of hydrogen-bond donors (Lipinski definition) is 2. The van der Waals surface area contributed by atoms with Crippen molar-refractivity contribution in [2.45, 2.75) is 32.8 Å². The molecule has 0 aliphatic carbocycles. The largest absolute Gasteiger partial charge is 0.481 e. The number of anilines is 2. The van der Waals surface area contributed by atoms with Crippen molar-refractivity contribution < 1.29 is 23.9 Å². The molecule has 0 radical (unpaired) electrons. The normalized spacial score (nSPS) is 13.6. The third kappa shape index (κ3) is 4.88. The molecule has 2 amide bonds. The molecule has 146 valence electrons. The number of ether oxygens (including phenoxy) is 2. The molecule has 28 heavy (non-hydrogen) atoms. The van der Waals surface area contributed by atoms with Crippen LogP contribution in [0.4, 0.5) is 11.4 Å². The molecular weight excluding hydrogens is 360 g/mol. The van der Waals surface area contributed by atoms with Crippen molar-refractivity contribution >= 4 is 29.0 Å². The number of carbonyl (C=O) groups excluding carboxylic acids is 3. The van der Waals surface area contributed by atoms with Gasteiger partial charge in [0.25, 0.3) is 11.8 Å². The highest BCUT2D eigenvalue weighted by atomic mass is 16.5. The van der Waals surface area contributed by atoms with E-state index in [-0.39, 0.29) is 24.2 Å². The Morgan fingerprint density at radius 3 is 2.68 bits per heavy atom. The summed E-state index contributed by atoms with van der Waals surface area (Å²) in [7, 11) is 0. The van der Waals surface area contributed by atoms with Crippen LogP contribution in [-0.4, -0.2) is 30.3 Å². The van der Waals surface area contributed by atoms with E-state index in [1.807, 2.05) is 12.1 Å². The van der Waals surface area contributed by atoms with Crippen LogP contribution in [0.2, 0.25) is 0 Å². The van der Waals surface area contributed by atoms with Crippen molar-refractivity contribution in [2.75, 3.05) is 17.2 Å². The zero-order valence-corrected chi connectivity index (χ0v) is 15.8. The number of para-hydroxylation sites is 1. The first-order valence-electron chi connectivity index (χ1n) is 9.04. The number of hydrogen-bond acceptors (Lipinski definition) is 5. The molecule has 0 bridgehead atoms. The van der Waals surface area contributed by atoms with Crippen molar-refractivity contribution in [1.29, 1.82) is 0 Å². The smallest absolute Gasteiger partial charge is 0.265 e. The molecule has 0 saturated carbocycles. The maximum atomic E-state index is 12.5. The van der Waals surface area contributed by atoms with E-state index in [4.69, 9.17) is 9.47 Å². The Morgan fingerprint density at radius 2 is 1.96 bits per heavy atom. The second kappa shape index (κ2) is 8.56. The average Bonchev–Trinajstić information content (AvgIpc) is 2.67. The molecule has 7 nitrogen and oxygen atoms in total. The molecule has 1 aliphatic heterocycles. The first-order chi connectivity index (χ1) is 13.4. The number of benzene rings is 2. The summed E-state index contributed by atoms with van der Waals surface area (Å²) in [6, 6.07) is 12.4. The quantitative estimate of drug-likeness (QED) is 0.768. The van der Waals surface area contributed by atoms with Crippen LogP contribution in [0.3, 0.4) is 0 Å². The minimum Gasteiger partial charge on any atom is -0.481 e. The van der Waals surface area contributed by atoms with Gasteiger partial charge in [-0.2, -0.15) is 0 Å². The molecule has 1 heterocycles. The summed E-state index contributed by atoms with van der Waals surface area (Å²) in [6.07, 6.45) is 0.446. The molecule has 2 aromatic rings. The molecule has 7 heteroatoms. The lowest BCUT2D eigenvalue weighted by Crippen LogP contribution is -2.31. The van der Waals surface area contributed by atoms with Gasteiger partial charge in [-0.1, -0.05) is 18.2 Å². The van der Waals surface area contributed by atoms with Crippen molar-refractivity contribution in [3.05, 3.63) is 48.0 Å². The minimum atomic E-state index is -0.739. The van der Waals surface area contributed by atoms with E-state index >= 15 is 0 Å². The van der Waals surface area contributed by atoms with Gasteiger partial charge in [0.2, 0.25) is 0 Å². The van der Waals surface area contributed by atoms with Gasteiger partial charge in [0.05, 0.1) is 11.4 Å². The molecular formula is C21H22N2O5. The van der Waals surface area contributed by atoms with Gasteiger partial charge in [-0.15, -0.1) is 0 Å². The molecule has 0 aromatic heterocycles. The van der Waals surface area contributed by atoms with E-state index in [0.717, 1.165) is 5.56 Å². The lowest BCUT2D eigenvalue weighted by molar-refractivity contribution is -0.122. The Labute approximate surface area is 163 Å². The topological polar surface area (TPSA) is 93.7 Å². The number of fused-ring (bicyclic) bond motifs is 1. The summed E-state index contributed by atoms with van der Waals surface area (Å²) in [6.45, 7) is 3.12. The van der Waals surface area contributed by atoms with Crippen molar-refractivity contribution in [3.8, 4) is 11.5 Å². The van der Waals surface area contributed by atoms with Gasteiger partial charge in [-0.3, -0.25) is 9.59 Å². The number of ketones is 1. The van der Waals surface area contributed by atoms with Crippen LogP contribution in [0.25, 0.3) is 0 Å². The van der Waals surface area contributed by atoms with Crippen LogP contribution in [0, 0.1) is 0 Å². The minimum absolute atomic E-state index is 0.0953. The third-order valence-electron chi connectivity index (χ3n) is 4.27. The fraction of sp³-hybridized carbons (Fsp3) is 0.286. The molecule has 0 spiro atoms. The Bertz CT molecular complexity index is 892. The second-order valence-electron chi connectivity index (χ2n) is 6.61. The number of Topliss-reactive ketones (excluding diaryl/α,β-unsaturated/α-hetero) is 1. The zero-order chi connectivity index (χ0) is 20.1. The van der Waals surface area contributed by atoms with E-state index in [1.54, 1.807) is 44.2 Å². The van der Waals surface area contributed by atoms with Crippen LogP contribution < -0.4 is 20.1 Å². The van der Waals surface area contributed by atoms with Gasteiger partial charge in [0.1, 0.15) is 11.5 Å². The first kappa shape index (κ1) is 19.4. The standard InChI is InChI=1S/C21H22N2O5/c1-13(24)6-7-15-8-10-16(11-9-15)28-14(2)21(26)23-18-5-3-4-17-20(18)27-12-19(25)22-17/h3-5,8-11,14H,6-7,12H2,1-2H3,(H,22,25)(H,23,26). The van der Waals surface area contributed by atoms with E-state index in [9.17, 15) is 14.4 Å². The second-order valence-corrected chi connectivity index (χ2v) is 6.61. The van der Waals surface area contributed by atoms with Crippen LogP contribution in [0.1, 0.15) is 25.8 Å². The molecule has 2 aromatic carbocycles. The van der Waals surface area contributed by atoms with Gasteiger partial charge >= 0.3 is 0 Å². The summed E-state index contributed by atoms with van der Waals surface area (Å²) >= 11 is 0. The summed E-state index contributed by atoms with van der Waals surface area (Å²) in [5.41, 5.74) is 2.02. The highest BCUT2D eigenvalue weighted by molar-refractivity contribution is 6.00. The maximum absolute atomic E-state index is 12.5.